The minimum atomic E-state index is -1.13. The third-order valence-electron chi connectivity index (χ3n) is 3.61. The van der Waals surface area contributed by atoms with E-state index in [1.54, 1.807) is 0 Å². The van der Waals surface area contributed by atoms with E-state index in [4.69, 9.17) is 18.9 Å². The molecule has 0 aliphatic carbocycles. The molecule has 0 aromatic carbocycles. The highest BCUT2D eigenvalue weighted by Gasteiger charge is 2.47. The summed E-state index contributed by atoms with van der Waals surface area (Å²) >= 11 is 0. The first-order valence-electron chi connectivity index (χ1n) is 8.37. The van der Waals surface area contributed by atoms with Crippen molar-refractivity contribution in [1.29, 1.82) is 0 Å². The zero-order valence-corrected chi connectivity index (χ0v) is 14.8. The van der Waals surface area contributed by atoms with E-state index in [1.165, 1.54) is 13.8 Å². The molecule has 0 saturated carbocycles. The summed E-state index contributed by atoms with van der Waals surface area (Å²) in [5.74, 6) is -0.856. The zero-order valence-electron chi connectivity index (χ0n) is 14.8. The van der Waals surface area contributed by atoms with E-state index in [0.29, 0.717) is 19.6 Å². The van der Waals surface area contributed by atoms with Gasteiger partial charge in [0, 0.05) is 20.5 Å². The van der Waals surface area contributed by atoms with E-state index in [2.05, 4.69) is 5.32 Å². The number of hydrogen-bond donors (Lipinski definition) is 2. The molecular weight excluding hydrogens is 318 g/mol. The van der Waals surface area contributed by atoms with Crippen molar-refractivity contribution in [3.8, 4) is 0 Å². The molecule has 0 radical (unpaired) electrons. The second-order valence-electron chi connectivity index (χ2n) is 5.73. The lowest BCUT2D eigenvalue weighted by Crippen LogP contribution is -2.64. The Kier molecular flexibility index (Phi) is 9.20. The number of hydrogen-bond acceptors (Lipinski definition) is 7. The summed E-state index contributed by atoms with van der Waals surface area (Å²) in [5, 5.41) is 13.2. The van der Waals surface area contributed by atoms with Crippen molar-refractivity contribution in [3.63, 3.8) is 0 Å². The summed E-state index contributed by atoms with van der Waals surface area (Å²) in [7, 11) is 0. The molecule has 1 aliphatic rings. The maximum Gasteiger partial charge on any atom is 0.303 e. The molecule has 24 heavy (non-hydrogen) atoms. The molecule has 0 bridgehead atoms. The Hall–Kier alpha value is -1.22. The number of aliphatic hydroxyl groups excluding tert-OH is 1. The Morgan fingerprint density at radius 1 is 1.17 bits per heavy atom. The van der Waals surface area contributed by atoms with Gasteiger partial charge in [0.1, 0.15) is 18.2 Å². The zero-order chi connectivity index (χ0) is 18.1. The van der Waals surface area contributed by atoms with Crippen LogP contribution in [0.3, 0.4) is 0 Å². The molecule has 8 heteroatoms. The van der Waals surface area contributed by atoms with Gasteiger partial charge in [-0.3, -0.25) is 9.59 Å². The van der Waals surface area contributed by atoms with Crippen LogP contribution >= 0.6 is 0 Å². The molecule has 1 amide bonds. The predicted molar refractivity (Wildman–Crippen MR) is 85.2 cm³/mol. The molecule has 5 atom stereocenters. The van der Waals surface area contributed by atoms with E-state index in [1.807, 2.05) is 13.8 Å². The van der Waals surface area contributed by atoms with Gasteiger partial charge in [0.2, 0.25) is 5.91 Å². The van der Waals surface area contributed by atoms with Crippen LogP contribution < -0.4 is 5.32 Å². The normalized spacial score (nSPS) is 30.0. The first-order valence-corrected chi connectivity index (χ1v) is 8.37. The van der Waals surface area contributed by atoms with E-state index in [9.17, 15) is 14.7 Å². The van der Waals surface area contributed by atoms with E-state index >= 15 is 0 Å². The van der Waals surface area contributed by atoms with Crippen LogP contribution in [0.2, 0.25) is 0 Å². The Morgan fingerprint density at radius 2 is 1.88 bits per heavy atom. The van der Waals surface area contributed by atoms with Gasteiger partial charge in [-0.1, -0.05) is 13.8 Å². The van der Waals surface area contributed by atoms with Crippen LogP contribution in [-0.4, -0.2) is 67.4 Å². The predicted octanol–water partition coefficient (Wildman–Crippen LogP) is 0.362. The molecule has 1 heterocycles. The third kappa shape index (κ3) is 6.35. The fraction of sp³-hybridized carbons (Fsp3) is 0.875. The van der Waals surface area contributed by atoms with Gasteiger partial charge in [-0.25, -0.2) is 0 Å². The molecule has 0 aromatic rings. The van der Waals surface area contributed by atoms with Crippen molar-refractivity contribution in [2.24, 2.45) is 0 Å². The maximum atomic E-state index is 11.4. The minimum absolute atomic E-state index is 0.266. The van der Waals surface area contributed by atoms with Gasteiger partial charge >= 0.3 is 5.97 Å². The number of nitrogens with one attached hydrogen (secondary N) is 1. The molecule has 0 aromatic heterocycles. The summed E-state index contributed by atoms with van der Waals surface area (Å²) in [4.78, 5) is 22.7. The van der Waals surface area contributed by atoms with Crippen molar-refractivity contribution in [3.05, 3.63) is 0 Å². The summed E-state index contributed by atoms with van der Waals surface area (Å²) in [6, 6.07) is -0.833. The van der Waals surface area contributed by atoms with Crippen molar-refractivity contribution < 1.29 is 33.6 Å². The van der Waals surface area contributed by atoms with Crippen molar-refractivity contribution in [2.45, 2.75) is 71.2 Å². The summed E-state index contributed by atoms with van der Waals surface area (Å²) in [6.45, 7) is 7.76. The van der Waals surface area contributed by atoms with E-state index in [0.717, 1.165) is 6.42 Å². The fourth-order valence-electron chi connectivity index (χ4n) is 2.59. The molecule has 1 rings (SSSR count). The lowest BCUT2D eigenvalue weighted by molar-refractivity contribution is -0.270. The van der Waals surface area contributed by atoms with Gasteiger partial charge in [-0.05, 0) is 12.8 Å². The van der Waals surface area contributed by atoms with Gasteiger partial charge in [-0.2, -0.15) is 0 Å². The molecule has 140 valence electrons. The van der Waals surface area contributed by atoms with Crippen LogP contribution in [0.4, 0.5) is 0 Å². The van der Waals surface area contributed by atoms with E-state index < -0.39 is 36.6 Å². The smallest absolute Gasteiger partial charge is 0.303 e. The number of esters is 1. The number of carbonyl (C=O) groups is 2. The highest BCUT2D eigenvalue weighted by Crippen LogP contribution is 2.26. The van der Waals surface area contributed by atoms with Gasteiger partial charge in [-0.15, -0.1) is 0 Å². The number of carbonyl (C=O) groups excluding carboxylic acids is 2. The molecule has 1 fully saturated rings. The first-order chi connectivity index (χ1) is 11.4. The fourth-order valence-corrected chi connectivity index (χ4v) is 2.59. The Labute approximate surface area is 142 Å². The second-order valence-corrected chi connectivity index (χ2v) is 5.73. The standard InChI is InChI=1S/C16H29NO7/c1-5-7-21-8-9-22-16-13(17-10(3)18)14(20)15(23-11(4)19)12(6-2)24-16/h12-16,20H,5-9H2,1-4H3,(H,17,18). The number of aliphatic hydroxyl groups is 1. The van der Waals surface area contributed by atoms with Gasteiger partial charge < -0.3 is 29.4 Å². The summed E-state index contributed by atoms with van der Waals surface area (Å²) < 4.78 is 22.0. The Morgan fingerprint density at radius 3 is 2.42 bits per heavy atom. The van der Waals surface area contributed by atoms with Crippen molar-refractivity contribution in [2.75, 3.05) is 19.8 Å². The Balaban J connectivity index is 2.75. The number of ether oxygens (including phenoxy) is 4. The van der Waals surface area contributed by atoms with Crippen LogP contribution in [-0.2, 0) is 28.5 Å². The molecule has 0 spiro atoms. The highest BCUT2D eigenvalue weighted by molar-refractivity contribution is 5.73. The third-order valence-corrected chi connectivity index (χ3v) is 3.61. The molecule has 8 nitrogen and oxygen atoms in total. The highest BCUT2D eigenvalue weighted by atomic mass is 16.7. The molecule has 1 aliphatic heterocycles. The SMILES string of the molecule is CCCOCCOC1OC(CC)C(OC(C)=O)C(O)C1NC(C)=O. The van der Waals surface area contributed by atoms with E-state index in [-0.39, 0.29) is 12.5 Å². The topological polar surface area (TPSA) is 103 Å². The van der Waals surface area contributed by atoms with Crippen molar-refractivity contribution in [1.82, 2.24) is 5.32 Å². The van der Waals surface area contributed by atoms with Gasteiger partial charge in [0.25, 0.3) is 0 Å². The summed E-state index contributed by atoms with van der Waals surface area (Å²) in [6.07, 6.45) is -1.91. The monoisotopic (exact) mass is 347 g/mol. The van der Waals surface area contributed by atoms with Crippen LogP contribution in [0.5, 0.6) is 0 Å². The minimum Gasteiger partial charge on any atom is -0.457 e. The van der Waals surface area contributed by atoms with Crippen LogP contribution in [0.15, 0.2) is 0 Å². The van der Waals surface area contributed by atoms with Crippen LogP contribution in [0.25, 0.3) is 0 Å². The van der Waals surface area contributed by atoms with Gasteiger partial charge in [0.05, 0.1) is 13.2 Å². The molecule has 2 N–H and O–H groups in total. The maximum absolute atomic E-state index is 11.4. The van der Waals surface area contributed by atoms with Crippen molar-refractivity contribution >= 4 is 11.9 Å². The average molecular weight is 347 g/mol. The average Bonchev–Trinajstić information content (AvgIpc) is 2.52. The largest absolute Gasteiger partial charge is 0.457 e. The number of rotatable bonds is 9. The molecule has 5 unspecified atom stereocenters. The second kappa shape index (κ2) is 10.6. The molecule has 1 saturated heterocycles. The lowest BCUT2D eigenvalue weighted by Gasteiger charge is -2.43. The first kappa shape index (κ1) is 20.8. The quantitative estimate of drug-likeness (QED) is 0.458. The Bertz CT molecular complexity index is 404. The van der Waals surface area contributed by atoms with Gasteiger partial charge in [0.15, 0.2) is 12.4 Å². The van der Waals surface area contributed by atoms with Crippen LogP contribution in [0, 0.1) is 0 Å². The lowest BCUT2D eigenvalue weighted by atomic mass is 9.95. The number of amides is 1. The summed E-state index contributed by atoms with van der Waals surface area (Å²) in [5.41, 5.74) is 0. The molecular formula is C16H29NO7. The van der Waals surface area contributed by atoms with Crippen LogP contribution in [0.1, 0.15) is 40.5 Å².